The maximum Gasteiger partial charge on any atom is 0.474 e. The zero-order valence-corrected chi connectivity index (χ0v) is 78.9. The lowest BCUT2D eigenvalue weighted by Crippen LogP contribution is -2.33. The van der Waals surface area contributed by atoms with Gasteiger partial charge < -0.3 is 108 Å². The van der Waals surface area contributed by atoms with Gasteiger partial charge in [-0.25, -0.2) is 32.6 Å². The Hall–Kier alpha value is -7.76. The van der Waals surface area contributed by atoms with Crippen molar-refractivity contribution in [3.8, 4) is 28.2 Å². The molecule has 2 amide bonds. The number of nitrogens with two attached hydrogens (primary N) is 1. The third-order valence-corrected chi connectivity index (χ3v) is 25.1. The number of aliphatic hydroxyl groups excluding tert-OH is 2. The second kappa shape index (κ2) is 61.6. The molecule has 4 unspecified atom stereocenters. The number of ether oxygens (including phenoxy) is 14. The molecule has 2 fully saturated rings. The summed E-state index contributed by atoms with van der Waals surface area (Å²) in [5, 5.41) is 45.8. The normalized spacial score (nSPS) is 18.1. The number of hydrogen-bond donors (Lipinski definition) is 8. The van der Waals surface area contributed by atoms with Gasteiger partial charge in [-0.2, -0.15) is 4.98 Å². The van der Waals surface area contributed by atoms with Gasteiger partial charge >= 0.3 is 48.6 Å². The number of unbranched alkanes of at least 4 members (excludes halogenated alkanes) is 3. The van der Waals surface area contributed by atoms with Crippen molar-refractivity contribution in [2.45, 2.75) is 75.4 Å². The number of aromatic amines is 1. The number of carboxylic acid groups (broad SMARTS) is 1. The molecular formula is C82H121N7O42P4. The number of nitrogens with zero attached hydrogens (tertiary/aromatic N) is 3. The van der Waals surface area contributed by atoms with E-state index in [1.165, 1.54) is 67.9 Å². The summed E-state index contributed by atoms with van der Waals surface area (Å²) in [4.78, 5) is 96.5. The molecule has 756 valence electrons. The number of carbonyl (C=O) groups excluding carboxylic acids is 2. The van der Waals surface area contributed by atoms with Crippen LogP contribution < -0.4 is 38.7 Å². The molecule has 8 rings (SSSR count). The van der Waals surface area contributed by atoms with Crippen molar-refractivity contribution in [1.82, 2.24) is 29.7 Å². The zero-order valence-electron chi connectivity index (χ0n) is 75.3. The van der Waals surface area contributed by atoms with Crippen LogP contribution in [0.5, 0.6) is 5.75 Å². The van der Waals surface area contributed by atoms with Crippen LogP contribution in [0.1, 0.15) is 77.3 Å². The number of carbonyl (C=O) groups is 3. The molecular weight excluding hydrogens is 1880 g/mol. The van der Waals surface area contributed by atoms with Crippen LogP contribution in [-0.2, 0) is 144 Å². The number of aromatic carboxylic acids is 1. The van der Waals surface area contributed by atoms with Crippen molar-refractivity contribution in [3.63, 3.8) is 0 Å². The van der Waals surface area contributed by atoms with E-state index in [0.717, 1.165) is 48.8 Å². The minimum absolute atomic E-state index is 0.000105. The molecule has 0 bridgehead atoms. The van der Waals surface area contributed by atoms with Gasteiger partial charge in [-0.05, 0) is 73.0 Å². The number of carboxylic acids is 1. The van der Waals surface area contributed by atoms with Crippen LogP contribution in [0.3, 0.4) is 0 Å². The standard InChI is InChI=1S/C82H121N7O42P4/c1-105-132(101,121-46-41-116-36-33-113-30-27-111-26-25-110-24-23-109-22-21-90)122-47-42-117-37-34-114-31-28-112-29-32-115-35-38-118-44-49-124-134(103,107-3)127-58-72-70(131-135(104,108-4)125-50-45-120-40-39-119-43-48-123-133(102,106-2)126-57-71-67(93)54-75(129-71)88-20-17-73(83)86-81(88)99)55-76(130-72)89-56-60(79(96)87-82(89)100)10-16-74(94)84-18-7-5-6-8-19-85-78(95)59-9-13-63(80(97)98)66(51-59)77-64-14-11-61(91)52-68(64)128-69-53-62(92)12-15-65(69)77/h9-17,20,51-53,56,67,70-72,75-76,90-91,93H,5-8,18-19,21-50,54-55,57-58H2,1-4H3,(H,84,94)(H,85,95)(H,97,98)(H2,83,86,99)(H,87,96,100)/t67-,70-,71-,72-,75-,76-,132?,133?,134?,135?/m1/s1. The van der Waals surface area contributed by atoms with E-state index in [1.807, 2.05) is 0 Å². The molecule has 0 saturated carbocycles. The van der Waals surface area contributed by atoms with Gasteiger partial charge in [0.2, 0.25) is 5.91 Å². The molecule has 49 nitrogen and oxygen atoms in total. The minimum atomic E-state index is -4.57. The van der Waals surface area contributed by atoms with Crippen LogP contribution in [0.25, 0.3) is 39.5 Å². The van der Waals surface area contributed by atoms with E-state index in [0.29, 0.717) is 88.4 Å². The SMILES string of the molecule is COP(=O)(OCCOCCOCCOCCOCCOCCO)OCCOCCOCCOCCOCCOCCOP(=O)(OC)OC[C@H]1O[C@@H](n2cc(C=CC(=O)NCCCCCCNC(=O)c3ccc(C(=O)O)c(-c4c5ccc(=O)cc-5oc5cc(O)ccc45)c3)c(=O)[nH]c2=O)C[C@H]1OP(=O)(OC)OCCOCCOCCOP(=O)(OC)OC[C@H]1O[C@@H](n2ccc(N)nc2=O)C[C@H]1O. The first kappa shape index (κ1) is 113. The molecule has 53 heteroatoms. The average molecular weight is 2000 g/mol. The number of phenolic OH excluding ortho intramolecular Hbond substituents is 1. The first-order valence-corrected chi connectivity index (χ1v) is 49.0. The van der Waals surface area contributed by atoms with Gasteiger partial charge in [0.05, 0.1) is 229 Å². The number of rotatable bonds is 75. The molecule has 10 atom stereocenters. The largest absolute Gasteiger partial charge is 0.508 e. The first-order valence-electron chi connectivity index (χ1n) is 43.1. The Morgan fingerprint density at radius 2 is 0.985 bits per heavy atom. The highest BCUT2D eigenvalue weighted by atomic mass is 31.2. The molecule has 3 aliphatic heterocycles. The number of phenols is 1. The number of fused-ring (bicyclic) bond motifs is 2. The Morgan fingerprint density at radius 1 is 0.526 bits per heavy atom. The number of phosphoric acid groups is 4. The van der Waals surface area contributed by atoms with Gasteiger partial charge in [0.25, 0.3) is 11.5 Å². The van der Waals surface area contributed by atoms with E-state index in [2.05, 4.69) is 20.6 Å². The van der Waals surface area contributed by atoms with Crippen LogP contribution in [-0.4, -0.2) is 335 Å². The third-order valence-electron chi connectivity index (χ3n) is 19.3. The Morgan fingerprint density at radius 3 is 1.47 bits per heavy atom. The number of phosphoric ester groups is 4. The van der Waals surface area contributed by atoms with E-state index in [1.54, 1.807) is 6.07 Å². The molecule has 0 spiro atoms. The fourth-order valence-electron chi connectivity index (χ4n) is 12.7. The number of aromatic hydroxyl groups is 1. The van der Waals surface area contributed by atoms with Crippen LogP contribution in [0.15, 0.2) is 103 Å². The number of nitrogens with one attached hydrogen (secondary N) is 3. The topological polar surface area (TPSA) is 610 Å². The van der Waals surface area contributed by atoms with E-state index < -0.39 is 116 Å². The first-order chi connectivity index (χ1) is 65.2. The number of benzene rings is 3. The molecule has 2 aromatic carbocycles. The van der Waals surface area contributed by atoms with E-state index in [4.69, 9.17) is 136 Å². The summed E-state index contributed by atoms with van der Waals surface area (Å²) >= 11 is 0. The minimum Gasteiger partial charge on any atom is -0.508 e. The lowest BCUT2D eigenvalue weighted by molar-refractivity contribution is -0.116. The molecule has 2 aromatic heterocycles. The molecule has 2 saturated heterocycles. The summed E-state index contributed by atoms with van der Waals surface area (Å²) in [6.45, 7) is 2.95. The Balaban J connectivity index is 0.727. The maximum absolute atomic E-state index is 14.2. The monoisotopic (exact) mass is 2000 g/mol. The molecule has 9 N–H and O–H groups in total. The number of nitrogen functional groups attached to an aromatic ring is 1. The number of aromatic nitrogens is 4. The van der Waals surface area contributed by atoms with Crippen molar-refractivity contribution in [2.24, 2.45) is 0 Å². The summed E-state index contributed by atoms with van der Waals surface area (Å²) in [5.41, 5.74) is 3.68. The van der Waals surface area contributed by atoms with Gasteiger partial charge in [0, 0.05) is 107 Å². The zero-order chi connectivity index (χ0) is 97.1. The number of aliphatic hydroxyl groups is 2. The van der Waals surface area contributed by atoms with E-state index in [9.17, 15) is 67.1 Å². The molecule has 4 aliphatic rings. The van der Waals surface area contributed by atoms with Crippen molar-refractivity contribution in [2.75, 3.05) is 259 Å². The van der Waals surface area contributed by atoms with E-state index >= 15 is 0 Å². The molecule has 0 radical (unpaired) electrons. The number of H-pyrrole nitrogens is 1. The fraction of sp³-hybridized carbons (Fsp3) is 0.610. The smallest absolute Gasteiger partial charge is 0.474 e. The highest BCUT2D eigenvalue weighted by Crippen LogP contribution is 2.55. The molecule has 1 aliphatic carbocycles. The molecule has 4 aromatic rings. The van der Waals surface area contributed by atoms with Gasteiger partial charge in [-0.1, -0.05) is 12.8 Å². The second-order valence-electron chi connectivity index (χ2n) is 28.8. The second-order valence-corrected chi connectivity index (χ2v) is 35.8. The predicted molar refractivity (Wildman–Crippen MR) is 475 cm³/mol. The Kier molecular flexibility index (Phi) is 51.4. The van der Waals surface area contributed by atoms with Gasteiger partial charge in [-0.3, -0.25) is 87.6 Å². The van der Waals surface area contributed by atoms with Crippen molar-refractivity contribution >= 4 is 71.9 Å². The Bertz CT molecular complexity index is 5010. The van der Waals surface area contributed by atoms with Crippen LogP contribution >= 0.6 is 31.3 Å². The summed E-state index contributed by atoms with van der Waals surface area (Å²) in [6, 6.07) is 13.9. The summed E-state index contributed by atoms with van der Waals surface area (Å²) in [7, 11) is -12.6. The lowest BCUT2D eigenvalue weighted by Gasteiger charge is -2.24. The number of hydrogen-bond acceptors (Lipinski definition) is 43. The van der Waals surface area contributed by atoms with Crippen molar-refractivity contribution in [3.05, 3.63) is 137 Å². The quantitative estimate of drug-likeness (QED) is 0.0102. The third kappa shape index (κ3) is 40.2. The van der Waals surface area contributed by atoms with Crippen LogP contribution in [0.2, 0.25) is 0 Å². The molecule has 135 heavy (non-hydrogen) atoms. The van der Waals surface area contributed by atoms with Gasteiger partial charge in [-0.15, -0.1) is 0 Å². The summed E-state index contributed by atoms with van der Waals surface area (Å²) < 4.78 is 204. The predicted octanol–water partition coefficient (Wildman–Crippen LogP) is 5.42. The van der Waals surface area contributed by atoms with Gasteiger partial charge in [0.15, 0.2) is 5.43 Å². The summed E-state index contributed by atoms with van der Waals surface area (Å²) in [6.07, 6.45) is -0.364. The number of anilines is 1. The average Bonchev–Trinajstić information content (AvgIpc) is 1.71. The Labute approximate surface area is 776 Å². The highest BCUT2D eigenvalue weighted by molar-refractivity contribution is 7.49. The van der Waals surface area contributed by atoms with Crippen molar-refractivity contribution in [1.29, 1.82) is 0 Å². The van der Waals surface area contributed by atoms with E-state index in [-0.39, 0.29) is 228 Å². The lowest BCUT2D eigenvalue weighted by atomic mass is 9.89. The van der Waals surface area contributed by atoms with Crippen LogP contribution in [0.4, 0.5) is 5.82 Å². The van der Waals surface area contributed by atoms with Crippen LogP contribution in [0, 0.1) is 0 Å². The fourth-order valence-corrected chi connectivity index (χ4v) is 16.5. The molecule has 5 heterocycles. The van der Waals surface area contributed by atoms with Crippen molar-refractivity contribution < 1.29 is 178 Å². The maximum atomic E-state index is 14.2. The number of amides is 2. The summed E-state index contributed by atoms with van der Waals surface area (Å²) in [5.74, 6) is -2.31. The highest BCUT2D eigenvalue weighted by Gasteiger charge is 2.45. The van der Waals surface area contributed by atoms with Gasteiger partial charge in [0.1, 0.15) is 53.7 Å².